The second kappa shape index (κ2) is 6.90. The van der Waals surface area contributed by atoms with Crippen LogP contribution in [0, 0.1) is 0 Å². The number of nitrogens with zero attached hydrogens (tertiary/aromatic N) is 1. The average Bonchev–Trinajstić information content (AvgIpc) is 2.57. The first kappa shape index (κ1) is 16.3. The van der Waals surface area contributed by atoms with Crippen molar-refractivity contribution in [3.63, 3.8) is 0 Å². The molecule has 0 fully saturated rings. The fourth-order valence-corrected chi connectivity index (χ4v) is 3.39. The van der Waals surface area contributed by atoms with Crippen LogP contribution in [-0.2, 0) is 10.0 Å². The zero-order chi connectivity index (χ0) is 17.0. The Hall–Kier alpha value is -2.57. The van der Waals surface area contributed by atoms with Gasteiger partial charge in [0.05, 0.1) is 16.8 Å². The molecular formula is C17H14ClN3O2S. The maximum absolute atomic E-state index is 12.3. The molecule has 122 valence electrons. The molecule has 5 nitrogen and oxygen atoms in total. The summed E-state index contributed by atoms with van der Waals surface area (Å²) in [6.07, 6.45) is 1.45. The van der Waals surface area contributed by atoms with Crippen molar-refractivity contribution in [2.75, 3.05) is 10.0 Å². The molecule has 1 aromatic heterocycles. The SMILES string of the molecule is O=S(=O)(Nc1ccc(Nc2ccccc2)nc1)c1cccc(Cl)c1. The lowest BCUT2D eigenvalue weighted by molar-refractivity contribution is 0.601. The number of benzene rings is 2. The molecule has 2 N–H and O–H groups in total. The number of hydrogen-bond donors (Lipinski definition) is 2. The standard InChI is InChI=1S/C17H14ClN3O2S/c18-13-5-4-8-16(11-13)24(22,23)21-15-9-10-17(19-12-15)20-14-6-2-1-3-7-14/h1-12,21H,(H,19,20). The van der Waals surface area contributed by atoms with Crippen molar-refractivity contribution in [3.05, 3.63) is 77.9 Å². The third-order valence-corrected chi connectivity index (χ3v) is 4.78. The van der Waals surface area contributed by atoms with Gasteiger partial charge in [-0.2, -0.15) is 0 Å². The smallest absolute Gasteiger partial charge is 0.261 e. The highest BCUT2D eigenvalue weighted by Crippen LogP contribution is 2.20. The molecule has 3 rings (SSSR count). The quantitative estimate of drug-likeness (QED) is 0.713. The number of halogens is 1. The van der Waals surface area contributed by atoms with E-state index in [9.17, 15) is 8.42 Å². The van der Waals surface area contributed by atoms with E-state index < -0.39 is 10.0 Å². The predicted molar refractivity (Wildman–Crippen MR) is 96.2 cm³/mol. The molecule has 0 aliphatic carbocycles. The number of nitrogens with one attached hydrogen (secondary N) is 2. The molecule has 0 saturated heterocycles. The van der Waals surface area contributed by atoms with Gasteiger partial charge in [0.2, 0.25) is 0 Å². The summed E-state index contributed by atoms with van der Waals surface area (Å²) in [5.41, 5.74) is 1.27. The Bertz CT molecular complexity index is 930. The highest BCUT2D eigenvalue weighted by Gasteiger charge is 2.14. The van der Waals surface area contributed by atoms with Crippen molar-refractivity contribution in [3.8, 4) is 0 Å². The summed E-state index contributed by atoms with van der Waals surface area (Å²) < 4.78 is 27.1. The van der Waals surface area contributed by atoms with E-state index in [1.807, 2.05) is 30.3 Å². The maximum Gasteiger partial charge on any atom is 0.261 e. The summed E-state index contributed by atoms with van der Waals surface area (Å²) in [5.74, 6) is 0.618. The van der Waals surface area contributed by atoms with Gasteiger partial charge in [0.25, 0.3) is 10.0 Å². The van der Waals surface area contributed by atoms with Gasteiger partial charge in [0.15, 0.2) is 0 Å². The zero-order valence-corrected chi connectivity index (χ0v) is 14.1. The van der Waals surface area contributed by atoms with E-state index in [1.165, 1.54) is 18.3 Å². The molecule has 0 radical (unpaired) electrons. The molecule has 0 amide bonds. The van der Waals surface area contributed by atoms with Crippen LogP contribution in [0.25, 0.3) is 0 Å². The van der Waals surface area contributed by atoms with Crippen molar-refractivity contribution in [2.45, 2.75) is 4.90 Å². The third kappa shape index (κ3) is 4.04. The molecule has 3 aromatic rings. The number of para-hydroxylation sites is 1. The van der Waals surface area contributed by atoms with Crippen LogP contribution in [0.1, 0.15) is 0 Å². The van der Waals surface area contributed by atoms with Crippen molar-refractivity contribution in [1.29, 1.82) is 0 Å². The Morgan fingerprint density at radius 3 is 2.33 bits per heavy atom. The van der Waals surface area contributed by atoms with Gasteiger partial charge in [-0.15, -0.1) is 0 Å². The van der Waals surface area contributed by atoms with Crippen LogP contribution in [-0.4, -0.2) is 13.4 Å². The molecule has 0 spiro atoms. The van der Waals surface area contributed by atoms with Gasteiger partial charge in [-0.05, 0) is 42.5 Å². The van der Waals surface area contributed by atoms with Gasteiger partial charge in [-0.25, -0.2) is 13.4 Å². The van der Waals surface area contributed by atoms with Crippen LogP contribution in [0.3, 0.4) is 0 Å². The molecule has 0 aliphatic heterocycles. The van der Waals surface area contributed by atoms with Gasteiger partial charge >= 0.3 is 0 Å². The highest BCUT2D eigenvalue weighted by atomic mass is 35.5. The Labute approximate surface area is 145 Å². The van der Waals surface area contributed by atoms with E-state index in [4.69, 9.17) is 11.6 Å². The minimum absolute atomic E-state index is 0.0986. The van der Waals surface area contributed by atoms with Crippen LogP contribution < -0.4 is 10.0 Å². The number of hydrogen-bond acceptors (Lipinski definition) is 4. The van der Waals surface area contributed by atoms with Crippen molar-refractivity contribution in [2.24, 2.45) is 0 Å². The second-order valence-electron chi connectivity index (χ2n) is 4.99. The number of sulfonamides is 1. The molecular weight excluding hydrogens is 346 g/mol. The van der Waals surface area contributed by atoms with E-state index >= 15 is 0 Å². The maximum atomic E-state index is 12.3. The third-order valence-electron chi connectivity index (χ3n) is 3.17. The van der Waals surface area contributed by atoms with Gasteiger partial charge < -0.3 is 5.32 Å². The van der Waals surface area contributed by atoms with Crippen molar-refractivity contribution in [1.82, 2.24) is 4.98 Å². The first-order chi connectivity index (χ1) is 11.5. The Balaban J connectivity index is 1.74. The molecule has 0 saturated carbocycles. The molecule has 2 aromatic carbocycles. The number of rotatable bonds is 5. The average molecular weight is 360 g/mol. The molecule has 1 heterocycles. The monoisotopic (exact) mass is 359 g/mol. The Morgan fingerprint density at radius 2 is 1.67 bits per heavy atom. The molecule has 0 bridgehead atoms. The van der Waals surface area contributed by atoms with Gasteiger partial charge in [0, 0.05) is 10.7 Å². The minimum atomic E-state index is -3.70. The lowest BCUT2D eigenvalue weighted by Crippen LogP contribution is -2.13. The number of anilines is 3. The number of aromatic nitrogens is 1. The summed E-state index contributed by atoms with van der Waals surface area (Å²) in [6.45, 7) is 0. The van der Waals surface area contributed by atoms with Gasteiger partial charge in [-0.3, -0.25) is 4.72 Å². The summed E-state index contributed by atoms with van der Waals surface area (Å²) in [6, 6.07) is 19.0. The van der Waals surface area contributed by atoms with Crippen LogP contribution in [0.5, 0.6) is 0 Å². The van der Waals surface area contributed by atoms with Gasteiger partial charge in [0.1, 0.15) is 5.82 Å². The lowest BCUT2D eigenvalue weighted by atomic mass is 10.3. The first-order valence-electron chi connectivity index (χ1n) is 7.09. The van der Waals surface area contributed by atoms with E-state index in [2.05, 4.69) is 15.0 Å². The van der Waals surface area contributed by atoms with Crippen molar-refractivity contribution >= 4 is 38.8 Å². The Morgan fingerprint density at radius 1 is 0.875 bits per heavy atom. The van der Waals surface area contributed by atoms with Crippen LogP contribution >= 0.6 is 11.6 Å². The Kier molecular flexibility index (Phi) is 4.69. The largest absolute Gasteiger partial charge is 0.340 e. The van der Waals surface area contributed by atoms with Crippen LogP contribution in [0.15, 0.2) is 77.8 Å². The lowest BCUT2D eigenvalue weighted by Gasteiger charge is -2.09. The zero-order valence-electron chi connectivity index (χ0n) is 12.5. The molecule has 24 heavy (non-hydrogen) atoms. The van der Waals surface area contributed by atoms with E-state index in [0.717, 1.165) is 5.69 Å². The van der Waals surface area contributed by atoms with E-state index in [-0.39, 0.29) is 4.90 Å². The first-order valence-corrected chi connectivity index (χ1v) is 8.95. The second-order valence-corrected chi connectivity index (χ2v) is 7.10. The topological polar surface area (TPSA) is 71.1 Å². The summed E-state index contributed by atoms with van der Waals surface area (Å²) >= 11 is 5.84. The predicted octanol–water partition coefficient (Wildman–Crippen LogP) is 4.28. The minimum Gasteiger partial charge on any atom is -0.340 e. The normalized spacial score (nSPS) is 11.0. The van der Waals surface area contributed by atoms with Gasteiger partial charge in [-0.1, -0.05) is 35.9 Å². The molecule has 0 unspecified atom stereocenters. The highest BCUT2D eigenvalue weighted by molar-refractivity contribution is 7.92. The fraction of sp³-hybridized carbons (Fsp3) is 0. The molecule has 0 atom stereocenters. The molecule has 7 heteroatoms. The summed E-state index contributed by atoms with van der Waals surface area (Å²) in [5, 5.41) is 3.49. The summed E-state index contributed by atoms with van der Waals surface area (Å²) in [7, 11) is -3.70. The fourth-order valence-electron chi connectivity index (χ4n) is 2.05. The van der Waals surface area contributed by atoms with Crippen LogP contribution in [0.4, 0.5) is 17.2 Å². The van der Waals surface area contributed by atoms with E-state index in [0.29, 0.717) is 16.5 Å². The number of pyridine rings is 1. The van der Waals surface area contributed by atoms with Crippen molar-refractivity contribution < 1.29 is 8.42 Å². The van der Waals surface area contributed by atoms with E-state index in [1.54, 1.807) is 24.3 Å². The summed E-state index contributed by atoms with van der Waals surface area (Å²) in [4.78, 5) is 4.30. The van der Waals surface area contributed by atoms with Crippen LogP contribution in [0.2, 0.25) is 5.02 Å². The molecule has 0 aliphatic rings.